The molecule has 3 atom stereocenters. The summed E-state index contributed by atoms with van der Waals surface area (Å²) < 4.78 is 9.62. The highest BCUT2D eigenvalue weighted by Crippen LogP contribution is 2.60. The number of hydrogen-bond acceptors (Lipinski definition) is 5. The maximum absolute atomic E-state index is 12.4. The summed E-state index contributed by atoms with van der Waals surface area (Å²) >= 11 is 0. The summed E-state index contributed by atoms with van der Waals surface area (Å²) in [5, 5.41) is 9.88. The van der Waals surface area contributed by atoms with Crippen molar-refractivity contribution in [2.45, 2.75) is 46.0 Å². The van der Waals surface area contributed by atoms with Gasteiger partial charge < -0.3 is 14.6 Å². The average Bonchev–Trinajstić information content (AvgIpc) is 2.57. The molecule has 0 unspecified atom stereocenters. The molecule has 6 nitrogen and oxygen atoms in total. The summed E-state index contributed by atoms with van der Waals surface area (Å²) in [4.78, 5) is 35.9. The van der Waals surface area contributed by atoms with Crippen molar-refractivity contribution in [1.82, 2.24) is 0 Å². The van der Waals surface area contributed by atoms with E-state index in [4.69, 9.17) is 4.74 Å². The molecule has 0 aliphatic heterocycles. The Balaban J connectivity index is 2.53. The first-order valence-corrected chi connectivity index (χ1v) is 8.52. The van der Waals surface area contributed by atoms with Gasteiger partial charge in [0, 0.05) is 17.1 Å². The van der Waals surface area contributed by atoms with Gasteiger partial charge in [0.15, 0.2) is 0 Å². The van der Waals surface area contributed by atoms with E-state index < -0.39 is 22.8 Å². The number of fused-ring (bicyclic) bond motifs is 1. The Morgan fingerprint density at radius 2 is 1.84 bits per heavy atom. The van der Waals surface area contributed by atoms with Gasteiger partial charge in [0.05, 0.1) is 19.6 Å². The lowest BCUT2D eigenvalue weighted by molar-refractivity contribution is -0.164. The van der Waals surface area contributed by atoms with E-state index in [1.807, 2.05) is 13.8 Å². The molecule has 0 heterocycles. The SMILES string of the molecule is COC(=O)/C=C\C1=C(C(=O)O)[C@@]2(C)CCC[C@](C)(C(=O)OC)[C@@H]2CC1. The summed E-state index contributed by atoms with van der Waals surface area (Å²) in [5.74, 6) is -1.90. The Morgan fingerprint density at radius 1 is 1.16 bits per heavy atom. The Morgan fingerprint density at radius 3 is 2.40 bits per heavy atom. The van der Waals surface area contributed by atoms with Crippen LogP contribution in [0.4, 0.5) is 0 Å². The maximum atomic E-state index is 12.4. The Bertz CT molecular complexity index is 646. The van der Waals surface area contributed by atoms with Crippen molar-refractivity contribution in [3.8, 4) is 0 Å². The molecule has 2 aliphatic rings. The van der Waals surface area contributed by atoms with Gasteiger partial charge in [-0.1, -0.05) is 19.4 Å². The minimum atomic E-state index is -0.995. The van der Waals surface area contributed by atoms with Crippen LogP contribution >= 0.6 is 0 Å². The minimum absolute atomic E-state index is 0.109. The second kappa shape index (κ2) is 7.02. The second-order valence-corrected chi connectivity index (χ2v) is 7.33. The van der Waals surface area contributed by atoms with E-state index in [0.717, 1.165) is 6.42 Å². The number of hydrogen-bond donors (Lipinski definition) is 1. The zero-order valence-corrected chi connectivity index (χ0v) is 15.3. The van der Waals surface area contributed by atoms with Gasteiger partial charge in [-0.15, -0.1) is 0 Å². The molecule has 1 fully saturated rings. The molecule has 0 aromatic carbocycles. The number of methoxy groups -OCH3 is 2. The molecular weight excluding hydrogens is 324 g/mol. The molecule has 0 bridgehead atoms. The van der Waals surface area contributed by atoms with Gasteiger partial charge in [0.2, 0.25) is 0 Å². The smallest absolute Gasteiger partial charge is 0.332 e. The number of carboxylic acids is 1. The van der Waals surface area contributed by atoms with Crippen LogP contribution in [0.3, 0.4) is 0 Å². The lowest BCUT2D eigenvalue weighted by Gasteiger charge is -2.53. The van der Waals surface area contributed by atoms with Gasteiger partial charge in [0.25, 0.3) is 0 Å². The summed E-state index contributed by atoms with van der Waals surface area (Å²) in [5.41, 5.74) is -0.398. The lowest BCUT2D eigenvalue weighted by Crippen LogP contribution is -2.51. The van der Waals surface area contributed by atoms with E-state index >= 15 is 0 Å². The number of carboxylic acid groups (broad SMARTS) is 1. The normalized spacial score (nSPS) is 32.2. The van der Waals surface area contributed by atoms with E-state index in [2.05, 4.69) is 4.74 Å². The van der Waals surface area contributed by atoms with Crippen molar-refractivity contribution < 1.29 is 29.0 Å². The first kappa shape index (κ1) is 19.2. The molecular formula is C19H26O6. The largest absolute Gasteiger partial charge is 0.478 e. The molecule has 2 aliphatic carbocycles. The first-order chi connectivity index (χ1) is 11.7. The first-order valence-electron chi connectivity index (χ1n) is 8.52. The molecule has 138 valence electrons. The molecule has 1 saturated carbocycles. The maximum Gasteiger partial charge on any atom is 0.332 e. The van der Waals surface area contributed by atoms with Crippen LogP contribution < -0.4 is 0 Å². The van der Waals surface area contributed by atoms with Crippen molar-refractivity contribution in [2.24, 2.45) is 16.7 Å². The predicted octanol–water partition coefficient (Wildman–Crippen LogP) is 2.88. The summed E-state index contributed by atoms with van der Waals surface area (Å²) in [7, 11) is 2.65. The molecule has 0 spiro atoms. The van der Waals surface area contributed by atoms with Crippen molar-refractivity contribution >= 4 is 17.9 Å². The van der Waals surface area contributed by atoms with E-state index in [9.17, 15) is 19.5 Å². The summed E-state index contributed by atoms with van der Waals surface area (Å²) in [6.07, 6.45) is 6.12. The number of carbonyl (C=O) groups excluding carboxylic acids is 2. The Kier molecular flexibility index (Phi) is 5.40. The van der Waals surface area contributed by atoms with E-state index in [0.29, 0.717) is 36.8 Å². The molecule has 0 radical (unpaired) electrons. The molecule has 0 aromatic heterocycles. The van der Waals surface area contributed by atoms with Crippen LogP contribution in [0.1, 0.15) is 46.0 Å². The molecule has 25 heavy (non-hydrogen) atoms. The van der Waals surface area contributed by atoms with E-state index in [1.54, 1.807) is 6.08 Å². The van der Waals surface area contributed by atoms with Crippen molar-refractivity contribution in [3.63, 3.8) is 0 Å². The predicted molar refractivity (Wildman–Crippen MR) is 90.6 cm³/mol. The fourth-order valence-corrected chi connectivity index (χ4v) is 4.86. The summed E-state index contributed by atoms with van der Waals surface area (Å²) in [6, 6.07) is 0. The lowest BCUT2D eigenvalue weighted by atomic mass is 9.49. The molecule has 1 N–H and O–H groups in total. The minimum Gasteiger partial charge on any atom is -0.478 e. The molecule has 0 amide bonds. The van der Waals surface area contributed by atoms with Crippen LogP contribution in [0.5, 0.6) is 0 Å². The van der Waals surface area contributed by atoms with Crippen molar-refractivity contribution in [2.75, 3.05) is 14.2 Å². The number of allylic oxidation sites excluding steroid dienone is 2. The zero-order valence-electron chi connectivity index (χ0n) is 15.3. The van der Waals surface area contributed by atoms with Crippen LogP contribution in [-0.4, -0.2) is 37.2 Å². The van der Waals surface area contributed by atoms with Gasteiger partial charge >= 0.3 is 17.9 Å². The van der Waals surface area contributed by atoms with Crippen molar-refractivity contribution in [3.05, 3.63) is 23.3 Å². The van der Waals surface area contributed by atoms with Gasteiger partial charge in [-0.2, -0.15) is 0 Å². The van der Waals surface area contributed by atoms with Crippen LogP contribution in [-0.2, 0) is 23.9 Å². The second-order valence-electron chi connectivity index (χ2n) is 7.33. The third-order valence-electron chi connectivity index (χ3n) is 6.01. The fraction of sp³-hybridized carbons (Fsp3) is 0.632. The van der Waals surface area contributed by atoms with E-state index in [-0.39, 0.29) is 11.9 Å². The highest BCUT2D eigenvalue weighted by atomic mass is 16.5. The zero-order chi connectivity index (χ0) is 18.8. The Labute approximate surface area is 147 Å². The third-order valence-corrected chi connectivity index (χ3v) is 6.01. The monoisotopic (exact) mass is 350 g/mol. The van der Waals surface area contributed by atoms with Gasteiger partial charge in [0.1, 0.15) is 0 Å². The highest BCUT2D eigenvalue weighted by molar-refractivity contribution is 5.91. The summed E-state index contributed by atoms with van der Waals surface area (Å²) in [6.45, 7) is 3.81. The molecule has 2 rings (SSSR count). The standard InChI is InChI=1S/C19H26O6/c1-18-10-5-11-19(2,17(23)25-4)13(18)8-6-12(15(18)16(21)22)7-9-14(20)24-3/h7,9,13H,5-6,8,10-11H2,1-4H3,(H,21,22)/b9-7-/t13-,18+,19+/m1/s1. The average molecular weight is 350 g/mol. The number of carbonyl (C=O) groups is 3. The van der Waals surface area contributed by atoms with Gasteiger partial charge in [-0.3, -0.25) is 4.79 Å². The number of esters is 2. The van der Waals surface area contributed by atoms with Crippen LogP contribution in [0.15, 0.2) is 23.3 Å². The molecule has 6 heteroatoms. The Hall–Kier alpha value is -2.11. The topological polar surface area (TPSA) is 89.9 Å². The van der Waals surface area contributed by atoms with Gasteiger partial charge in [-0.05, 0) is 44.1 Å². The van der Waals surface area contributed by atoms with Crippen LogP contribution in [0.2, 0.25) is 0 Å². The van der Waals surface area contributed by atoms with Gasteiger partial charge in [-0.25, -0.2) is 9.59 Å². The number of rotatable bonds is 4. The van der Waals surface area contributed by atoms with E-state index in [1.165, 1.54) is 20.3 Å². The number of aliphatic carboxylic acids is 1. The molecule has 0 saturated heterocycles. The number of ether oxygens (including phenoxy) is 2. The quantitative estimate of drug-likeness (QED) is 0.619. The highest BCUT2D eigenvalue weighted by Gasteiger charge is 2.57. The fourth-order valence-electron chi connectivity index (χ4n) is 4.86. The van der Waals surface area contributed by atoms with Crippen LogP contribution in [0.25, 0.3) is 0 Å². The van der Waals surface area contributed by atoms with Crippen LogP contribution in [0, 0.1) is 16.7 Å². The molecule has 0 aromatic rings. The van der Waals surface area contributed by atoms with Crippen molar-refractivity contribution in [1.29, 1.82) is 0 Å². The third kappa shape index (κ3) is 3.22.